The predicted molar refractivity (Wildman–Crippen MR) is 151 cm³/mol. The van der Waals surface area contributed by atoms with E-state index in [1.807, 2.05) is 42.5 Å². The molecule has 0 bridgehead atoms. The lowest BCUT2D eigenvalue weighted by Crippen LogP contribution is -2.45. The average Bonchev–Trinajstić information content (AvgIpc) is 3.54. The lowest BCUT2D eigenvalue weighted by atomic mass is 10.1. The van der Waals surface area contributed by atoms with Crippen LogP contribution in [0, 0.1) is 5.41 Å². The van der Waals surface area contributed by atoms with E-state index in [0.717, 1.165) is 32.5 Å². The van der Waals surface area contributed by atoms with Crippen molar-refractivity contribution < 1.29 is 17.6 Å². The number of carbonyl (C=O) groups excluding carboxylic acids is 1. The van der Waals surface area contributed by atoms with Crippen LogP contribution in [0.5, 0.6) is 0 Å². The molecule has 0 unspecified atom stereocenters. The molecular formula is C27H18N4O4S3. The molecule has 0 atom stereocenters. The molecule has 0 fully saturated rings. The molecule has 1 N–H and O–H groups in total. The van der Waals surface area contributed by atoms with Crippen LogP contribution in [0.3, 0.4) is 0 Å². The van der Waals surface area contributed by atoms with Crippen molar-refractivity contribution in [2.45, 2.75) is 15.7 Å². The predicted octanol–water partition coefficient (Wildman–Crippen LogP) is 5.78. The van der Waals surface area contributed by atoms with Gasteiger partial charge in [-0.2, -0.15) is 9.39 Å². The number of hydrogen-bond acceptors (Lipinski definition) is 8. The van der Waals surface area contributed by atoms with Crippen LogP contribution in [0.4, 0.5) is 0 Å². The highest BCUT2D eigenvalue weighted by atomic mass is 32.2. The smallest absolute Gasteiger partial charge is 0.283 e. The van der Waals surface area contributed by atoms with Crippen molar-refractivity contribution in [3.8, 4) is 0 Å². The fraction of sp³-hybridized carbons (Fsp3) is 0.0370. The standard InChI is InChI=1S/C27H18N4O4S3/c28-24-21(15-19-13-14-23(35-19)36-22-12-6-10-18-9-4-5-11-20(18)22)25(32)29-26-31(24)27(30-37-26)38(33,34)16-17-7-2-1-3-8-17/h1-15,28H,16H2/b21-15-,28-24?. The van der Waals surface area contributed by atoms with Gasteiger partial charge in [-0.3, -0.25) is 10.2 Å². The van der Waals surface area contributed by atoms with Crippen molar-refractivity contribution in [1.29, 1.82) is 5.41 Å². The third kappa shape index (κ3) is 4.60. The molecule has 11 heteroatoms. The zero-order chi connectivity index (χ0) is 26.3. The van der Waals surface area contributed by atoms with Crippen LogP contribution in [0.15, 0.2) is 114 Å². The van der Waals surface area contributed by atoms with Gasteiger partial charge in [0.1, 0.15) is 11.6 Å². The molecule has 2 aliphatic rings. The number of fused-ring (bicyclic) bond motifs is 2. The minimum absolute atomic E-state index is 0.0374. The highest BCUT2D eigenvalue weighted by molar-refractivity contribution is 8.16. The van der Waals surface area contributed by atoms with Gasteiger partial charge in [0.2, 0.25) is 20.2 Å². The summed E-state index contributed by atoms with van der Waals surface area (Å²) in [6, 6.07) is 26.3. The molecule has 3 heterocycles. The molecule has 1 amide bonds. The Balaban J connectivity index is 1.26. The highest BCUT2D eigenvalue weighted by Crippen LogP contribution is 2.35. The van der Waals surface area contributed by atoms with E-state index in [0.29, 0.717) is 16.4 Å². The third-order valence-corrected chi connectivity index (χ3v) is 9.18. The minimum atomic E-state index is -3.91. The summed E-state index contributed by atoms with van der Waals surface area (Å²) in [6.07, 6.45) is 1.41. The molecule has 0 spiro atoms. The Bertz CT molecular complexity index is 1800. The summed E-state index contributed by atoms with van der Waals surface area (Å²) in [6.45, 7) is 0. The number of rotatable bonds is 5. The molecule has 38 heavy (non-hydrogen) atoms. The largest absolute Gasteiger partial charge is 0.450 e. The summed E-state index contributed by atoms with van der Waals surface area (Å²) in [7, 11) is -3.91. The van der Waals surface area contributed by atoms with Gasteiger partial charge in [0, 0.05) is 4.90 Å². The number of carbonyl (C=O) groups is 1. The first-order chi connectivity index (χ1) is 18.4. The van der Waals surface area contributed by atoms with E-state index in [9.17, 15) is 13.2 Å². The van der Waals surface area contributed by atoms with Gasteiger partial charge < -0.3 is 4.42 Å². The second-order valence-electron chi connectivity index (χ2n) is 8.39. The molecule has 2 aliphatic heterocycles. The van der Waals surface area contributed by atoms with Gasteiger partial charge in [-0.1, -0.05) is 78.5 Å². The van der Waals surface area contributed by atoms with Gasteiger partial charge in [0.05, 0.1) is 23.3 Å². The monoisotopic (exact) mass is 558 g/mol. The molecular weight excluding hydrogens is 541 g/mol. The molecule has 4 aromatic rings. The lowest BCUT2D eigenvalue weighted by molar-refractivity contribution is -0.114. The first-order valence-corrected chi connectivity index (χ1v) is 14.6. The fourth-order valence-corrected chi connectivity index (χ4v) is 7.46. The summed E-state index contributed by atoms with van der Waals surface area (Å²) in [5, 5.41) is 11.2. The molecule has 0 aliphatic carbocycles. The molecule has 188 valence electrons. The average molecular weight is 559 g/mol. The van der Waals surface area contributed by atoms with Crippen LogP contribution >= 0.6 is 23.7 Å². The van der Waals surface area contributed by atoms with Crippen LogP contribution in [-0.2, 0) is 20.4 Å². The van der Waals surface area contributed by atoms with Gasteiger partial charge in [0.25, 0.3) is 5.91 Å². The minimum Gasteiger partial charge on any atom is -0.450 e. The second-order valence-corrected chi connectivity index (χ2v) is 12.0. The zero-order valence-corrected chi connectivity index (χ0v) is 22.0. The van der Waals surface area contributed by atoms with E-state index in [2.05, 4.69) is 9.39 Å². The zero-order valence-electron chi connectivity index (χ0n) is 19.6. The van der Waals surface area contributed by atoms with Gasteiger partial charge in [-0.15, -0.1) is 0 Å². The number of amides is 1. The van der Waals surface area contributed by atoms with E-state index in [-0.39, 0.29) is 27.5 Å². The number of amidine groups is 3. The topological polar surface area (TPSA) is 116 Å². The molecule has 0 radical (unpaired) electrons. The van der Waals surface area contributed by atoms with E-state index in [4.69, 9.17) is 9.83 Å². The Kier molecular flexibility index (Phi) is 6.26. The third-order valence-electron chi connectivity index (χ3n) is 5.82. The van der Waals surface area contributed by atoms with E-state index in [1.165, 1.54) is 17.8 Å². The number of benzene rings is 3. The maximum atomic E-state index is 13.2. The van der Waals surface area contributed by atoms with Crippen molar-refractivity contribution >= 4 is 72.5 Å². The first-order valence-electron chi connectivity index (χ1n) is 11.4. The maximum absolute atomic E-state index is 13.2. The normalized spacial score (nSPS) is 16.6. The van der Waals surface area contributed by atoms with Crippen LogP contribution in [0.1, 0.15) is 11.3 Å². The maximum Gasteiger partial charge on any atom is 0.283 e. The van der Waals surface area contributed by atoms with E-state index in [1.54, 1.807) is 42.5 Å². The van der Waals surface area contributed by atoms with Crippen LogP contribution in [0.25, 0.3) is 16.8 Å². The number of hydrogen-bond donors (Lipinski definition) is 1. The summed E-state index contributed by atoms with van der Waals surface area (Å²) in [5.41, 5.74) is 0.503. The van der Waals surface area contributed by atoms with Crippen LogP contribution < -0.4 is 0 Å². The Hall–Kier alpha value is -3.93. The van der Waals surface area contributed by atoms with Gasteiger partial charge in [-0.25, -0.2) is 13.3 Å². The van der Waals surface area contributed by atoms with Gasteiger partial charge >= 0.3 is 0 Å². The molecule has 3 aromatic carbocycles. The quantitative estimate of drug-likeness (QED) is 0.244. The molecule has 6 rings (SSSR count). The van der Waals surface area contributed by atoms with Crippen molar-refractivity contribution in [2.75, 3.05) is 0 Å². The number of furan rings is 1. The second kappa shape index (κ2) is 9.75. The Morgan fingerprint density at radius 3 is 2.58 bits per heavy atom. The molecule has 0 saturated carbocycles. The summed E-state index contributed by atoms with van der Waals surface area (Å²) in [5.74, 6) is -0.924. The van der Waals surface area contributed by atoms with Crippen molar-refractivity contribution in [2.24, 2.45) is 9.39 Å². The highest BCUT2D eigenvalue weighted by Gasteiger charge is 2.42. The lowest BCUT2D eigenvalue weighted by Gasteiger charge is -2.24. The van der Waals surface area contributed by atoms with E-state index < -0.39 is 15.7 Å². The summed E-state index contributed by atoms with van der Waals surface area (Å²) in [4.78, 5) is 18.9. The van der Waals surface area contributed by atoms with Gasteiger partial charge in [-0.05, 0) is 40.6 Å². The van der Waals surface area contributed by atoms with Gasteiger partial charge in [0.15, 0.2) is 5.09 Å². The Morgan fingerprint density at radius 2 is 1.74 bits per heavy atom. The van der Waals surface area contributed by atoms with Crippen molar-refractivity contribution in [3.05, 3.63) is 102 Å². The SMILES string of the molecule is N=C1/C(=C/c2ccc(Sc3cccc4ccccc34)o2)C(=O)N=C2SN=C(S(=O)(=O)Cc3ccccc3)N12. The van der Waals surface area contributed by atoms with E-state index >= 15 is 0 Å². The molecule has 8 nitrogen and oxygen atoms in total. The Labute approximate surface area is 226 Å². The van der Waals surface area contributed by atoms with Crippen LogP contribution in [-0.4, -0.2) is 35.4 Å². The number of nitrogens with zero attached hydrogens (tertiary/aromatic N) is 3. The molecule has 0 saturated heterocycles. The van der Waals surface area contributed by atoms with Crippen molar-refractivity contribution in [3.63, 3.8) is 0 Å². The summed E-state index contributed by atoms with van der Waals surface area (Å²) < 4.78 is 36.3. The number of aliphatic imine (C=N–C) groups is 1. The first kappa shape index (κ1) is 24.4. The Morgan fingerprint density at radius 1 is 0.974 bits per heavy atom. The summed E-state index contributed by atoms with van der Waals surface area (Å²) >= 11 is 2.21. The van der Waals surface area contributed by atoms with Crippen LogP contribution in [0.2, 0.25) is 0 Å². The molecule has 1 aromatic heterocycles. The van der Waals surface area contributed by atoms with Crippen molar-refractivity contribution in [1.82, 2.24) is 4.90 Å². The fourth-order valence-electron chi connectivity index (χ4n) is 4.06. The number of nitrogens with one attached hydrogen (secondary N) is 1. The number of sulfone groups is 1.